The molecule has 2 aliphatic heterocycles. The number of halogens is 3. The van der Waals surface area contributed by atoms with Crippen molar-refractivity contribution in [3.63, 3.8) is 0 Å². The number of nitrogens with one attached hydrogen (secondary N) is 1. The molecule has 2 amide bonds. The number of likely N-dealkylation sites (tertiary alicyclic amines) is 1. The van der Waals surface area contributed by atoms with Crippen molar-refractivity contribution in [3.05, 3.63) is 58.7 Å². The first kappa shape index (κ1) is 23.2. The second-order valence-electron chi connectivity index (χ2n) is 8.57. The molecular formula is C23H25ClF2N4O3. The van der Waals surface area contributed by atoms with Crippen molar-refractivity contribution in [2.24, 2.45) is 11.8 Å². The van der Waals surface area contributed by atoms with E-state index in [1.807, 2.05) is 4.90 Å². The molecule has 2 aliphatic rings. The fraction of sp³-hybridized carbons (Fsp3) is 0.435. The Kier molecular flexibility index (Phi) is 6.97. The van der Waals surface area contributed by atoms with Crippen LogP contribution in [0, 0.1) is 23.5 Å². The number of piperidine rings is 1. The zero-order valence-electron chi connectivity index (χ0n) is 17.9. The second-order valence-corrected chi connectivity index (χ2v) is 8.97. The third-order valence-corrected chi connectivity index (χ3v) is 6.81. The van der Waals surface area contributed by atoms with E-state index in [4.69, 9.17) is 16.7 Å². The van der Waals surface area contributed by atoms with Gasteiger partial charge in [-0.1, -0.05) is 17.7 Å². The highest BCUT2D eigenvalue weighted by atomic mass is 35.5. The molecule has 10 heteroatoms. The molecule has 2 N–H and O–H groups in total. The minimum Gasteiger partial charge on any atom is -0.465 e. The van der Waals surface area contributed by atoms with Crippen LogP contribution in [0.15, 0.2) is 36.5 Å². The molecule has 0 bridgehead atoms. The van der Waals surface area contributed by atoms with Gasteiger partial charge >= 0.3 is 6.09 Å². The zero-order valence-corrected chi connectivity index (χ0v) is 18.6. The van der Waals surface area contributed by atoms with Gasteiger partial charge in [0.05, 0.1) is 11.2 Å². The number of aromatic nitrogens is 1. The topological polar surface area (TPSA) is 85.8 Å². The normalized spacial score (nSPS) is 21.3. The number of carbonyl (C=O) groups excluding carboxylic acids is 1. The standard InChI is InChI=1S/C23H25ClF2N4O3/c24-19-9-15(1-3-20(19)26)18-13-30(12-16(18)10-28-23(32)33)22(31)14-5-7-29(8-6-14)21-4-2-17(25)11-27-21/h1-4,9,11,14,16,18,28H,5-8,10,12-13H2,(H,32,33)/t16-,18-/m0/s1. The summed E-state index contributed by atoms with van der Waals surface area (Å²) in [4.78, 5) is 32.3. The first-order chi connectivity index (χ1) is 15.8. The van der Waals surface area contributed by atoms with Gasteiger partial charge in [0.25, 0.3) is 0 Å². The summed E-state index contributed by atoms with van der Waals surface area (Å²) in [5.41, 5.74) is 0.783. The average molecular weight is 479 g/mol. The van der Waals surface area contributed by atoms with E-state index in [1.54, 1.807) is 23.1 Å². The lowest BCUT2D eigenvalue weighted by atomic mass is 9.89. The Hall–Kier alpha value is -2.94. The van der Waals surface area contributed by atoms with Crippen molar-refractivity contribution >= 4 is 29.4 Å². The van der Waals surface area contributed by atoms with E-state index in [-0.39, 0.29) is 41.0 Å². The first-order valence-electron chi connectivity index (χ1n) is 10.9. The Balaban J connectivity index is 1.42. The first-order valence-corrected chi connectivity index (χ1v) is 11.3. The lowest BCUT2D eigenvalue weighted by molar-refractivity contribution is -0.135. The van der Waals surface area contributed by atoms with Crippen LogP contribution in [-0.4, -0.2) is 59.7 Å². The molecule has 7 nitrogen and oxygen atoms in total. The fourth-order valence-electron chi connectivity index (χ4n) is 4.77. The predicted molar refractivity (Wildman–Crippen MR) is 119 cm³/mol. The predicted octanol–water partition coefficient (Wildman–Crippen LogP) is 3.74. The molecule has 0 unspecified atom stereocenters. The summed E-state index contributed by atoms with van der Waals surface area (Å²) in [7, 11) is 0. The van der Waals surface area contributed by atoms with Crippen molar-refractivity contribution in [2.45, 2.75) is 18.8 Å². The van der Waals surface area contributed by atoms with Gasteiger partial charge in [0.1, 0.15) is 17.5 Å². The Labute approximate surface area is 195 Å². The molecule has 3 heterocycles. The van der Waals surface area contributed by atoms with E-state index < -0.39 is 11.9 Å². The summed E-state index contributed by atoms with van der Waals surface area (Å²) in [5, 5.41) is 11.4. The summed E-state index contributed by atoms with van der Waals surface area (Å²) < 4.78 is 26.8. The van der Waals surface area contributed by atoms with Gasteiger partial charge in [0.2, 0.25) is 5.91 Å². The molecule has 0 spiro atoms. The maximum Gasteiger partial charge on any atom is 0.404 e. The van der Waals surface area contributed by atoms with Crippen molar-refractivity contribution in [2.75, 3.05) is 37.6 Å². The smallest absolute Gasteiger partial charge is 0.404 e. The summed E-state index contributed by atoms with van der Waals surface area (Å²) >= 11 is 5.97. The number of pyridine rings is 1. The lowest BCUT2D eigenvalue weighted by Crippen LogP contribution is -2.42. The van der Waals surface area contributed by atoms with Crippen LogP contribution >= 0.6 is 11.6 Å². The van der Waals surface area contributed by atoms with Crippen molar-refractivity contribution in [1.29, 1.82) is 0 Å². The number of amides is 2. The fourth-order valence-corrected chi connectivity index (χ4v) is 4.95. The van der Waals surface area contributed by atoms with Crippen LogP contribution in [0.1, 0.15) is 24.3 Å². The molecule has 2 atom stereocenters. The maximum absolute atomic E-state index is 13.6. The van der Waals surface area contributed by atoms with E-state index in [9.17, 15) is 18.4 Å². The quantitative estimate of drug-likeness (QED) is 0.683. The minimum atomic E-state index is -1.13. The molecule has 176 valence electrons. The molecular weight excluding hydrogens is 454 g/mol. The molecule has 2 saturated heterocycles. The van der Waals surface area contributed by atoms with Gasteiger partial charge in [-0.25, -0.2) is 18.6 Å². The summed E-state index contributed by atoms with van der Waals surface area (Å²) in [6, 6.07) is 7.50. The maximum atomic E-state index is 13.6. The van der Waals surface area contributed by atoms with Crippen LogP contribution < -0.4 is 10.2 Å². The number of hydrogen-bond acceptors (Lipinski definition) is 4. The van der Waals surface area contributed by atoms with Crippen LogP contribution in [-0.2, 0) is 4.79 Å². The molecule has 2 fully saturated rings. The van der Waals surface area contributed by atoms with Crippen molar-refractivity contribution < 1.29 is 23.5 Å². The third kappa shape index (κ3) is 5.35. The van der Waals surface area contributed by atoms with Crippen LogP contribution in [0.25, 0.3) is 0 Å². The highest BCUT2D eigenvalue weighted by Crippen LogP contribution is 2.36. The van der Waals surface area contributed by atoms with Crippen LogP contribution in [0.5, 0.6) is 0 Å². The number of carboxylic acid groups (broad SMARTS) is 1. The minimum absolute atomic E-state index is 0.00370. The number of rotatable bonds is 5. The van der Waals surface area contributed by atoms with Gasteiger partial charge in [-0.15, -0.1) is 0 Å². The number of benzene rings is 1. The molecule has 2 aromatic rings. The van der Waals surface area contributed by atoms with E-state index >= 15 is 0 Å². The third-order valence-electron chi connectivity index (χ3n) is 6.52. The number of nitrogens with zero attached hydrogens (tertiary/aromatic N) is 3. The molecule has 0 saturated carbocycles. The summed E-state index contributed by atoms with van der Waals surface area (Å²) in [5.74, 6) is -0.618. The van der Waals surface area contributed by atoms with E-state index in [1.165, 1.54) is 18.3 Å². The Morgan fingerprint density at radius 1 is 1.15 bits per heavy atom. The number of hydrogen-bond donors (Lipinski definition) is 2. The van der Waals surface area contributed by atoms with Crippen molar-refractivity contribution in [1.82, 2.24) is 15.2 Å². The highest BCUT2D eigenvalue weighted by Gasteiger charge is 2.39. The Morgan fingerprint density at radius 2 is 1.91 bits per heavy atom. The van der Waals surface area contributed by atoms with Gasteiger partial charge in [-0.3, -0.25) is 4.79 Å². The molecule has 0 radical (unpaired) electrons. The van der Waals surface area contributed by atoms with E-state index in [2.05, 4.69) is 10.3 Å². The van der Waals surface area contributed by atoms with Gasteiger partial charge in [0, 0.05) is 50.5 Å². The monoisotopic (exact) mass is 478 g/mol. The van der Waals surface area contributed by atoms with Crippen molar-refractivity contribution in [3.8, 4) is 0 Å². The Bertz CT molecular complexity index is 1020. The average Bonchev–Trinajstić information content (AvgIpc) is 3.24. The van der Waals surface area contributed by atoms with Crippen LogP contribution in [0.4, 0.5) is 19.4 Å². The molecule has 4 rings (SSSR count). The van der Waals surface area contributed by atoms with E-state index in [0.29, 0.717) is 44.8 Å². The molecule has 1 aromatic heterocycles. The lowest BCUT2D eigenvalue weighted by Gasteiger charge is -2.34. The van der Waals surface area contributed by atoms with Crippen LogP contribution in [0.2, 0.25) is 5.02 Å². The van der Waals surface area contributed by atoms with Gasteiger partial charge < -0.3 is 20.2 Å². The summed E-state index contributed by atoms with van der Waals surface area (Å²) in [6.07, 6.45) is 1.36. The SMILES string of the molecule is O=C(O)NC[C@H]1CN(C(=O)C2CCN(c3ccc(F)cn3)CC2)C[C@H]1c1ccc(F)c(Cl)c1. The number of carbonyl (C=O) groups is 2. The molecule has 0 aliphatic carbocycles. The largest absolute Gasteiger partial charge is 0.465 e. The van der Waals surface area contributed by atoms with Crippen LogP contribution in [0.3, 0.4) is 0 Å². The Morgan fingerprint density at radius 3 is 2.55 bits per heavy atom. The van der Waals surface area contributed by atoms with Gasteiger partial charge in [-0.2, -0.15) is 0 Å². The molecule has 1 aromatic carbocycles. The highest BCUT2D eigenvalue weighted by molar-refractivity contribution is 6.30. The summed E-state index contributed by atoms with van der Waals surface area (Å²) in [6.45, 7) is 2.31. The van der Waals surface area contributed by atoms with Gasteiger partial charge in [-0.05, 0) is 42.7 Å². The second kappa shape index (κ2) is 9.91. The molecule has 33 heavy (non-hydrogen) atoms. The van der Waals surface area contributed by atoms with Gasteiger partial charge in [0.15, 0.2) is 0 Å². The number of anilines is 1. The van der Waals surface area contributed by atoms with E-state index in [0.717, 1.165) is 5.56 Å². The zero-order chi connectivity index (χ0) is 23.5.